The van der Waals surface area contributed by atoms with Gasteiger partial charge < -0.3 is 19.7 Å². The first-order valence-corrected chi connectivity index (χ1v) is 12.5. The van der Waals surface area contributed by atoms with Crippen molar-refractivity contribution in [3.05, 3.63) is 35.9 Å². The molecule has 4 heterocycles. The van der Waals surface area contributed by atoms with Crippen LogP contribution in [0.1, 0.15) is 26.3 Å². The number of ether oxygens (including phenoxy) is 2. The first-order chi connectivity index (χ1) is 16.2. The summed E-state index contributed by atoms with van der Waals surface area (Å²) in [4.78, 5) is 18.1. The number of fused-ring (bicyclic) bond motifs is 3. The molecule has 1 aliphatic heterocycles. The van der Waals surface area contributed by atoms with Gasteiger partial charge in [0.2, 0.25) is 11.8 Å². The van der Waals surface area contributed by atoms with Gasteiger partial charge in [0.05, 0.1) is 18.9 Å². The number of aryl methyl sites for hydroxylation is 1. The van der Waals surface area contributed by atoms with Gasteiger partial charge in [0.25, 0.3) is 0 Å². The fraction of sp³-hybridized carbons (Fsp3) is 0.400. The van der Waals surface area contributed by atoms with E-state index in [-0.39, 0.29) is 0 Å². The Morgan fingerprint density at radius 3 is 2.42 bits per heavy atom. The predicted octanol–water partition coefficient (Wildman–Crippen LogP) is 4.68. The molecule has 8 heteroatoms. The zero-order valence-corrected chi connectivity index (χ0v) is 20.2. The number of nitrogens with zero attached hydrogens (tertiary/aromatic N) is 4. The van der Waals surface area contributed by atoms with Crippen LogP contribution in [0.3, 0.4) is 0 Å². The normalized spacial score (nSPS) is 14.2. The van der Waals surface area contributed by atoms with E-state index in [1.165, 1.54) is 5.56 Å². The molecule has 0 saturated carbocycles. The highest BCUT2D eigenvalue weighted by Gasteiger charge is 2.22. The van der Waals surface area contributed by atoms with E-state index in [0.717, 1.165) is 76.0 Å². The lowest BCUT2D eigenvalue weighted by molar-refractivity contribution is 0.331. The molecule has 0 spiro atoms. The number of hydrogen-bond donors (Lipinski definition) is 1. The highest BCUT2D eigenvalue weighted by Crippen LogP contribution is 2.41. The van der Waals surface area contributed by atoms with Gasteiger partial charge in [0.1, 0.15) is 20.8 Å². The van der Waals surface area contributed by atoms with E-state index in [1.54, 1.807) is 11.3 Å². The maximum Gasteiger partial charge on any atom is 0.236 e. The zero-order chi connectivity index (χ0) is 22.8. The summed E-state index contributed by atoms with van der Waals surface area (Å²) in [6, 6.07) is 10.3. The zero-order valence-electron chi connectivity index (χ0n) is 19.4. The molecule has 1 N–H and O–H groups in total. The molecule has 33 heavy (non-hydrogen) atoms. The number of nitrogens with one attached hydrogen (secondary N) is 1. The van der Waals surface area contributed by atoms with Gasteiger partial charge in [-0.05, 0) is 56.2 Å². The van der Waals surface area contributed by atoms with Crippen molar-refractivity contribution < 1.29 is 9.47 Å². The lowest BCUT2D eigenvalue weighted by atomic mass is 10.0. The maximum absolute atomic E-state index is 5.98. The van der Waals surface area contributed by atoms with Gasteiger partial charge in [-0.3, -0.25) is 0 Å². The highest BCUT2D eigenvalue weighted by atomic mass is 32.1. The summed E-state index contributed by atoms with van der Waals surface area (Å²) in [5, 5.41) is 4.51. The lowest BCUT2D eigenvalue weighted by Gasteiger charge is -2.27. The molecule has 7 nitrogen and oxygen atoms in total. The number of piperazine rings is 1. The molecule has 0 amide bonds. The van der Waals surface area contributed by atoms with E-state index in [9.17, 15) is 0 Å². The smallest absolute Gasteiger partial charge is 0.236 e. The monoisotopic (exact) mass is 463 g/mol. The molecule has 5 rings (SSSR count). The van der Waals surface area contributed by atoms with Crippen LogP contribution in [0.15, 0.2) is 30.3 Å². The quantitative estimate of drug-likeness (QED) is 0.427. The lowest BCUT2D eigenvalue weighted by Crippen LogP contribution is -2.44. The van der Waals surface area contributed by atoms with E-state index in [4.69, 9.17) is 24.4 Å². The van der Waals surface area contributed by atoms with Crippen molar-refractivity contribution in [1.82, 2.24) is 20.3 Å². The fourth-order valence-corrected chi connectivity index (χ4v) is 5.34. The number of anilines is 1. The van der Waals surface area contributed by atoms with E-state index < -0.39 is 0 Å². The second-order valence-corrected chi connectivity index (χ2v) is 8.94. The molecule has 3 aromatic heterocycles. The largest absolute Gasteiger partial charge is 0.494 e. The first kappa shape index (κ1) is 21.9. The Bertz CT molecular complexity index is 1270. The van der Waals surface area contributed by atoms with Gasteiger partial charge in [-0.1, -0.05) is 6.92 Å². The van der Waals surface area contributed by atoms with Gasteiger partial charge in [-0.2, -0.15) is 4.98 Å². The summed E-state index contributed by atoms with van der Waals surface area (Å²) >= 11 is 1.62. The number of pyridine rings is 1. The minimum Gasteiger partial charge on any atom is -0.494 e. The number of aromatic nitrogens is 3. The molecule has 0 atom stereocenters. The average Bonchev–Trinajstić information content (AvgIpc) is 3.24. The van der Waals surface area contributed by atoms with Crippen LogP contribution < -0.4 is 19.7 Å². The van der Waals surface area contributed by atoms with Gasteiger partial charge in [-0.25, -0.2) is 9.97 Å². The van der Waals surface area contributed by atoms with Crippen molar-refractivity contribution in [2.24, 2.45) is 0 Å². The second kappa shape index (κ2) is 9.49. The summed E-state index contributed by atoms with van der Waals surface area (Å²) in [7, 11) is 0. The van der Waals surface area contributed by atoms with Crippen molar-refractivity contribution in [3.63, 3.8) is 0 Å². The molecule has 0 unspecified atom stereocenters. The number of benzene rings is 1. The summed E-state index contributed by atoms with van der Waals surface area (Å²) in [5.74, 6) is 2.27. The average molecular weight is 464 g/mol. The molecular formula is C25H29N5O2S. The second-order valence-electron chi connectivity index (χ2n) is 7.94. The maximum atomic E-state index is 5.98. The molecule has 0 aliphatic carbocycles. The van der Waals surface area contributed by atoms with Crippen LogP contribution in [0.2, 0.25) is 0 Å². The van der Waals surface area contributed by atoms with Gasteiger partial charge in [0.15, 0.2) is 0 Å². The van der Waals surface area contributed by atoms with Crippen LogP contribution in [0, 0.1) is 0 Å². The third-order valence-corrected chi connectivity index (χ3v) is 6.91. The molecule has 4 aromatic rings. The SMILES string of the molecule is CCOc1ccc(-c2cc(CC)c3c(n2)sc2c(OCC)nc(N4CCNCC4)nc23)cc1. The molecule has 1 saturated heterocycles. The summed E-state index contributed by atoms with van der Waals surface area (Å²) < 4.78 is 12.5. The van der Waals surface area contributed by atoms with Crippen LogP contribution in [0.5, 0.6) is 11.6 Å². The van der Waals surface area contributed by atoms with E-state index in [1.807, 2.05) is 26.0 Å². The van der Waals surface area contributed by atoms with Gasteiger partial charge in [0, 0.05) is 37.1 Å². The minimum absolute atomic E-state index is 0.562. The number of hydrogen-bond acceptors (Lipinski definition) is 8. The molecule has 1 aliphatic rings. The fourth-order valence-electron chi connectivity index (χ4n) is 4.23. The Morgan fingerprint density at radius 2 is 1.73 bits per heavy atom. The number of thiophene rings is 1. The van der Waals surface area contributed by atoms with E-state index in [2.05, 4.69) is 35.3 Å². The summed E-state index contributed by atoms with van der Waals surface area (Å²) in [6.07, 6.45) is 0.895. The van der Waals surface area contributed by atoms with Crippen LogP contribution in [0.25, 0.3) is 31.7 Å². The minimum atomic E-state index is 0.562. The standard InChI is InChI=1S/C25H29N5O2S/c1-4-16-15-19(17-7-9-18(10-8-17)31-5-2)27-24-20(16)21-22(33-24)23(32-6-3)29-25(28-21)30-13-11-26-12-14-30/h7-10,15,26H,4-6,11-14H2,1-3H3. The van der Waals surface area contributed by atoms with Crippen molar-refractivity contribution in [1.29, 1.82) is 0 Å². The van der Waals surface area contributed by atoms with Gasteiger partial charge in [-0.15, -0.1) is 11.3 Å². The Hall–Kier alpha value is -2.97. The highest BCUT2D eigenvalue weighted by molar-refractivity contribution is 7.25. The van der Waals surface area contributed by atoms with Crippen molar-refractivity contribution >= 4 is 37.7 Å². The van der Waals surface area contributed by atoms with Crippen LogP contribution >= 0.6 is 11.3 Å². The van der Waals surface area contributed by atoms with Gasteiger partial charge >= 0.3 is 0 Å². The molecular weight excluding hydrogens is 434 g/mol. The Labute approximate surface area is 197 Å². The van der Waals surface area contributed by atoms with Crippen molar-refractivity contribution in [3.8, 4) is 22.9 Å². The molecule has 0 radical (unpaired) electrons. The van der Waals surface area contributed by atoms with Crippen molar-refractivity contribution in [2.45, 2.75) is 27.2 Å². The van der Waals surface area contributed by atoms with Crippen LogP contribution in [-0.2, 0) is 6.42 Å². The molecule has 172 valence electrons. The Balaban J connectivity index is 1.66. The third kappa shape index (κ3) is 4.20. The predicted molar refractivity (Wildman–Crippen MR) is 135 cm³/mol. The molecule has 1 aromatic carbocycles. The topological polar surface area (TPSA) is 72.4 Å². The molecule has 0 bridgehead atoms. The summed E-state index contributed by atoms with van der Waals surface area (Å²) in [6.45, 7) is 11.0. The molecule has 1 fully saturated rings. The van der Waals surface area contributed by atoms with E-state index in [0.29, 0.717) is 19.1 Å². The number of rotatable bonds is 7. The summed E-state index contributed by atoms with van der Waals surface area (Å²) in [5.41, 5.74) is 4.22. The van der Waals surface area contributed by atoms with E-state index >= 15 is 0 Å². The van der Waals surface area contributed by atoms with Crippen LogP contribution in [0.4, 0.5) is 5.95 Å². The first-order valence-electron chi connectivity index (χ1n) is 11.7. The van der Waals surface area contributed by atoms with Crippen LogP contribution in [-0.4, -0.2) is 54.3 Å². The Morgan fingerprint density at radius 1 is 0.970 bits per heavy atom. The van der Waals surface area contributed by atoms with Crippen molar-refractivity contribution in [2.75, 3.05) is 44.3 Å². The Kier molecular flexibility index (Phi) is 6.28. The third-order valence-electron chi connectivity index (χ3n) is 5.85.